The number of aryl methyl sites for hydroxylation is 1. The Labute approximate surface area is 139 Å². The van der Waals surface area contributed by atoms with Gasteiger partial charge in [-0.3, -0.25) is 14.0 Å². The molecule has 0 aliphatic rings. The largest absolute Gasteiger partial charge is 0.469 e. The number of phosphoric ester groups is 1. The third-order valence-corrected chi connectivity index (χ3v) is 3.77. The summed E-state index contributed by atoms with van der Waals surface area (Å²) in [5, 5.41) is 6.78. The lowest BCUT2D eigenvalue weighted by Gasteiger charge is -2.06. The van der Waals surface area contributed by atoms with Gasteiger partial charge in [-0.25, -0.2) is 4.57 Å². The average Bonchev–Trinajstić information content (AvgIpc) is 2.83. The maximum atomic E-state index is 11.9. The van der Waals surface area contributed by atoms with Crippen LogP contribution in [0.4, 0.5) is 5.69 Å². The van der Waals surface area contributed by atoms with Gasteiger partial charge < -0.3 is 15.1 Å². The first kappa shape index (κ1) is 18.1. The van der Waals surface area contributed by atoms with Crippen LogP contribution in [0.1, 0.15) is 16.8 Å². The smallest absolute Gasteiger partial charge is 0.323 e. The molecule has 3 N–H and O–H groups in total. The lowest BCUT2D eigenvalue weighted by molar-refractivity contribution is -0.111. The average molecular weight is 351 g/mol. The number of hydrogen-bond acceptors (Lipinski definition) is 4. The molecular formula is C15H18N3O5P. The van der Waals surface area contributed by atoms with Crippen molar-refractivity contribution >= 4 is 25.5 Å². The highest BCUT2D eigenvalue weighted by atomic mass is 31.2. The molecule has 0 aliphatic heterocycles. The Bertz CT molecular complexity index is 792. The molecular weight excluding hydrogens is 333 g/mol. The highest BCUT2D eigenvalue weighted by Crippen LogP contribution is 2.36. The van der Waals surface area contributed by atoms with Gasteiger partial charge >= 0.3 is 7.82 Å². The quantitative estimate of drug-likeness (QED) is 0.542. The molecule has 1 aromatic heterocycles. The van der Waals surface area contributed by atoms with Gasteiger partial charge in [0.05, 0.1) is 12.8 Å². The normalized spacial score (nSPS) is 11.8. The van der Waals surface area contributed by atoms with Crippen LogP contribution < -0.4 is 5.32 Å². The fraction of sp³-hybridized carbons (Fsp3) is 0.200. The predicted octanol–water partition coefficient (Wildman–Crippen LogP) is 1.99. The molecule has 0 unspecified atom stereocenters. The number of phosphoric acid groups is 1. The molecule has 9 heteroatoms. The van der Waals surface area contributed by atoms with E-state index in [2.05, 4.69) is 14.9 Å². The minimum absolute atomic E-state index is 0.210. The fourth-order valence-corrected chi connectivity index (χ4v) is 2.19. The molecule has 0 saturated heterocycles. The second kappa shape index (κ2) is 7.55. The van der Waals surface area contributed by atoms with Crippen LogP contribution in [0.25, 0.3) is 6.08 Å². The van der Waals surface area contributed by atoms with E-state index in [9.17, 15) is 9.36 Å². The summed E-state index contributed by atoms with van der Waals surface area (Å²) in [6, 6.07) is 6.47. The molecule has 2 rings (SSSR count). The van der Waals surface area contributed by atoms with Gasteiger partial charge in [0.25, 0.3) is 0 Å². The maximum absolute atomic E-state index is 11.9. The minimum Gasteiger partial charge on any atom is -0.323 e. The molecule has 2 aromatic rings. The summed E-state index contributed by atoms with van der Waals surface area (Å²) in [6.45, 7) is 1.70. The molecule has 0 spiro atoms. The van der Waals surface area contributed by atoms with Gasteiger partial charge in [-0.05, 0) is 30.7 Å². The van der Waals surface area contributed by atoms with E-state index >= 15 is 0 Å². The molecule has 1 amide bonds. The van der Waals surface area contributed by atoms with Crippen LogP contribution in [0, 0.1) is 6.92 Å². The van der Waals surface area contributed by atoms with Crippen molar-refractivity contribution in [1.29, 1.82) is 0 Å². The van der Waals surface area contributed by atoms with Crippen LogP contribution >= 0.6 is 7.82 Å². The van der Waals surface area contributed by atoms with E-state index in [-0.39, 0.29) is 12.5 Å². The zero-order chi connectivity index (χ0) is 17.7. The number of carbonyl (C=O) groups is 1. The second-order valence-electron chi connectivity index (χ2n) is 5.09. The molecule has 0 bridgehead atoms. The molecule has 0 fully saturated rings. The highest BCUT2D eigenvalue weighted by Gasteiger charge is 2.13. The van der Waals surface area contributed by atoms with Gasteiger partial charge in [-0.1, -0.05) is 12.1 Å². The van der Waals surface area contributed by atoms with E-state index in [0.29, 0.717) is 11.3 Å². The number of rotatable bonds is 6. The van der Waals surface area contributed by atoms with Gasteiger partial charge in [0.2, 0.25) is 5.91 Å². The second-order valence-corrected chi connectivity index (χ2v) is 6.33. The summed E-state index contributed by atoms with van der Waals surface area (Å²) in [6.07, 6.45) is 4.77. The van der Waals surface area contributed by atoms with Crippen molar-refractivity contribution in [3.63, 3.8) is 0 Å². The number of benzene rings is 1. The Morgan fingerprint density at radius 1 is 1.38 bits per heavy atom. The van der Waals surface area contributed by atoms with Crippen LogP contribution in [0.5, 0.6) is 0 Å². The van der Waals surface area contributed by atoms with E-state index in [4.69, 9.17) is 9.79 Å². The van der Waals surface area contributed by atoms with E-state index in [0.717, 1.165) is 11.3 Å². The number of anilines is 1. The van der Waals surface area contributed by atoms with Gasteiger partial charge in [-0.2, -0.15) is 5.10 Å². The van der Waals surface area contributed by atoms with Crippen LogP contribution in [0.3, 0.4) is 0 Å². The lowest BCUT2D eigenvalue weighted by Crippen LogP contribution is -2.07. The van der Waals surface area contributed by atoms with E-state index < -0.39 is 7.82 Å². The number of hydrogen-bond donors (Lipinski definition) is 3. The van der Waals surface area contributed by atoms with Gasteiger partial charge in [0.1, 0.15) is 0 Å². The fourth-order valence-electron chi connectivity index (χ4n) is 1.87. The van der Waals surface area contributed by atoms with E-state index in [1.165, 1.54) is 6.08 Å². The summed E-state index contributed by atoms with van der Waals surface area (Å²) in [5.74, 6) is -0.294. The monoisotopic (exact) mass is 351 g/mol. The molecule has 0 saturated carbocycles. The maximum Gasteiger partial charge on any atom is 0.469 e. The standard InChI is InChI=1S/C15H18N3O5P/c1-11-13(9-16-18(11)2)5-8-15(19)17-14-6-3-12(4-7-14)10-23-24(20,21)22/h3-9H,10H2,1-2H3,(H,17,19)(H2,20,21,22)/b8-5+. The lowest BCUT2D eigenvalue weighted by atomic mass is 10.2. The van der Waals surface area contributed by atoms with Crippen molar-refractivity contribution in [3.05, 3.63) is 53.4 Å². The predicted molar refractivity (Wildman–Crippen MR) is 88.9 cm³/mol. The van der Waals surface area contributed by atoms with Gasteiger partial charge in [0.15, 0.2) is 0 Å². The summed E-state index contributed by atoms with van der Waals surface area (Å²) >= 11 is 0. The van der Waals surface area contributed by atoms with Crippen molar-refractivity contribution in [1.82, 2.24) is 9.78 Å². The van der Waals surface area contributed by atoms with Crippen molar-refractivity contribution in [3.8, 4) is 0 Å². The highest BCUT2D eigenvalue weighted by molar-refractivity contribution is 7.46. The Hall–Kier alpha value is -2.25. The first-order valence-corrected chi connectivity index (χ1v) is 8.54. The molecule has 128 valence electrons. The molecule has 0 radical (unpaired) electrons. The zero-order valence-corrected chi connectivity index (χ0v) is 14.1. The number of nitrogens with zero attached hydrogens (tertiary/aromatic N) is 2. The topological polar surface area (TPSA) is 114 Å². The number of carbonyl (C=O) groups excluding carboxylic acids is 1. The molecule has 0 aliphatic carbocycles. The molecule has 8 nitrogen and oxygen atoms in total. The zero-order valence-electron chi connectivity index (χ0n) is 13.2. The summed E-state index contributed by atoms with van der Waals surface area (Å²) in [7, 11) is -2.67. The Morgan fingerprint density at radius 3 is 2.58 bits per heavy atom. The van der Waals surface area contributed by atoms with Crippen LogP contribution in [-0.4, -0.2) is 25.5 Å². The Morgan fingerprint density at radius 2 is 2.04 bits per heavy atom. The van der Waals surface area contributed by atoms with E-state index in [1.54, 1.807) is 41.2 Å². The number of aromatic nitrogens is 2. The van der Waals surface area contributed by atoms with Crippen LogP contribution in [0.15, 0.2) is 36.5 Å². The summed E-state index contributed by atoms with van der Waals surface area (Å²) < 4.78 is 16.7. The van der Waals surface area contributed by atoms with Crippen molar-refractivity contribution < 1.29 is 23.7 Å². The Kier molecular flexibility index (Phi) is 5.69. The SMILES string of the molecule is Cc1c(/C=C/C(=O)Nc2ccc(COP(=O)(O)O)cc2)cnn1C. The summed E-state index contributed by atoms with van der Waals surface area (Å²) in [5.41, 5.74) is 2.95. The van der Waals surface area contributed by atoms with Crippen molar-refractivity contribution in [2.75, 3.05) is 5.32 Å². The molecule has 1 aromatic carbocycles. The van der Waals surface area contributed by atoms with Crippen molar-refractivity contribution in [2.45, 2.75) is 13.5 Å². The van der Waals surface area contributed by atoms with Gasteiger partial charge in [-0.15, -0.1) is 0 Å². The van der Waals surface area contributed by atoms with E-state index in [1.807, 2.05) is 14.0 Å². The number of nitrogens with one attached hydrogen (secondary N) is 1. The summed E-state index contributed by atoms with van der Waals surface area (Å²) in [4.78, 5) is 29.2. The number of amides is 1. The molecule has 24 heavy (non-hydrogen) atoms. The first-order valence-electron chi connectivity index (χ1n) is 7.01. The molecule has 1 heterocycles. The molecule has 0 atom stereocenters. The van der Waals surface area contributed by atoms with Crippen LogP contribution in [-0.2, 0) is 27.5 Å². The van der Waals surface area contributed by atoms with Crippen molar-refractivity contribution in [2.24, 2.45) is 7.05 Å². The third kappa shape index (κ3) is 5.43. The third-order valence-electron chi connectivity index (χ3n) is 3.31. The first-order chi connectivity index (χ1) is 11.2. The Balaban J connectivity index is 1.92. The van der Waals surface area contributed by atoms with Crippen LogP contribution in [0.2, 0.25) is 0 Å². The minimum atomic E-state index is -4.49. The van der Waals surface area contributed by atoms with Gasteiger partial charge in [0, 0.05) is 30.1 Å².